The molecule has 2 aliphatic carbocycles. The Labute approximate surface area is 225 Å². The molecular weight excluding hydrogens is 512 g/mol. The number of rotatable bonds is 7. The first kappa shape index (κ1) is 27.4. The van der Waals surface area contributed by atoms with Crippen LogP contribution >= 0.6 is 0 Å². The molecule has 2 aromatic rings. The van der Waals surface area contributed by atoms with E-state index in [9.17, 15) is 32.7 Å². The number of aliphatic hydroxyl groups excluding tert-OH is 1. The first-order valence-electron chi connectivity index (χ1n) is 13.4. The fourth-order valence-electron chi connectivity index (χ4n) is 6.50. The highest BCUT2D eigenvalue weighted by Gasteiger charge is 2.58. The van der Waals surface area contributed by atoms with Crippen molar-refractivity contribution in [1.82, 2.24) is 9.80 Å². The lowest BCUT2D eigenvalue weighted by Gasteiger charge is -2.37. The van der Waals surface area contributed by atoms with E-state index in [0.717, 1.165) is 49.9 Å². The number of hydrogen-bond acceptors (Lipinski definition) is 4. The van der Waals surface area contributed by atoms with Crippen molar-refractivity contribution in [2.24, 2.45) is 5.92 Å². The molecule has 2 aromatic carbocycles. The molecule has 1 aliphatic heterocycles. The van der Waals surface area contributed by atoms with Crippen LogP contribution in [-0.4, -0.2) is 59.3 Å². The zero-order chi connectivity index (χ0) is 27.8. The Kier molecular flexibility index (Phi) is 7.57. The predicted octanol–water partition coefficient (Wildman–Crippen LogP) is 5.52. The van der Waals surface area contributed by atoms with Crippen molar-refractivity contribution in [3.8, 4) is 6.07 Å². The molecule has 5 rings (SSSR count). The molecule has 6 nitrogen and oxygen atoms in total. The normalized spacial score (nSPS) is 26.5. The van der Waals surface area contributed by atoms with Gasteiger partial charge in [0.1, 0.15) is 5.82 Å². The topological polar surface area (TPSA) is 79.6 Å². The maximum Gasteiger partial charge on any atom is 0.416 e. The minimum absolute atomic E-state index is 0.00135. The van der Waals surface area contributed by atoms with Gasteiger partial charge in [-0.25, -0.2) is 9.18 Å². The van der Waals surface area contributed by atoms with Crippen LogP contribution < -0.4 is 5.32 Å². The molecule has 3 fully saturated rings. The van der Waals surface area contributed by atoms with E-state index in [1.54, 1.807) is 11.0 Å². The van der Waals surface area contributed by atoms with Gasteiger partial charge in [0.15, 0.2) is 0 Å². The van der Waals surface area contributed by atoms with Gasteiger partial charge in [0.25, 0.3) is 0 Å². The number of fused-ring (bicyclic) bond motifs is 1. The summed E-state index contributed by atoms with van der Waals surface area (Å²) in [6.45, 7) is 2.46. The summed E-state index contributed by atoms with van der Waals surface area (Å²) < 4.78 is 53.6. The third-order valence-corrected chi connectivity index (χ3v) is 8.58. The Bertz CT molecular complexity index is 1260. The molecule has 1 heterocycles. The quantitative estimate of drug-likeness (QED) is 0.450. The first-order chi connectivity index (χ1) is 18.6. The zero-order valence-corrected chi connectivity index (χ0v) is 21.6. The van der Waals surface area contributed by atoms with E-state index in [1.807, 2.05) is 12.1 Å². The Morgan fingerprint density at radius 3 is 2.74 bits per heavy atom. The van der Waals surface area contributed by atoms with E-state index in [-0.39, 0.29) is 23.2 Å². The van der Waals surface area contributed by atoms with Crippen LogP contribution in [0.15, 0.2) is 42.5 Å². The van der Waals surface area contributed by atoms with Gasteiger partial charge < -0.3 is 20.2 Å². The lowest BCUT2D eigenvalue weighted by atomic mass is 9.80. The van der Waals surface area contributed by atoms with Crippen molar-refractivity contribution in [3.63, 3.8) is 0 Å². The summed E-state index contributed by atoms with van der Waals surface area (Å²) in [6, 6.07) is 11.3. The van der Waals surface area contributed by atoms with Gasteiger partial charge in [-0.3, -0.25) is 0 Å². The molecule has 39 heavy (non-hydrogen) atoms. The van der Waals surface area contributed by atoms with Crippen LogP contribution in [0.1, 0.15) is 55.2 Å². The number of aliphatic hydroxyl groups is 1. The molecule has 0 radical (unpaired) electrons. The number of halogens is 4. The molecule has 0 aromatic heterocycles. The average molecular weight is 545 g/mol. The van der Waals surface area contributed by atoms with Gasteiger partial charge in [-0.15, -0.1) is 0 Å². The van der Waals surface area contributed by atoms with Gasteiger partial charge in [0.2, 0.25) is 0 Å². The maximum absolute atomic E-state index is 14.0. The maximum atomic E-state index is 14.0. The highest BCUT2D eigenvalue weighted by molar-refractivity contribution is 5.89. The molecule has 0 bridgehead atoms. The smallest absolute Gasteiger partial charge is 0.392 e. The Morgan fingerprint density at radius 1 is 1.23 bits per heavy atom. The molecule has 2 amide bonds. The fraction of sp³-hybridized carbons (Fsp3) is 0.517. The number of nitriles is 1. The number of amides is 2. The number of benzene rings is 2. The minimum Gasteiger partial charge on any atom is -0.392 e. The van der Waals surface area contributed by atoms with Gasteiger partial charge in [-0.2, -0.15) is 18.4 Å². The number of nitrogens with one attached hydrogen (secondary N) is 1. The van der Waals surface area contributed by atoms with Crippen molar-refractivity contribution in [2.75, 3.05) is 31.5 Å². The number of carbonyl (C=O) groups excluding carboxylic acids is 1. The highest BCUT2D eigenvalue weighted by Crippen LogP contribution is 2.63. The second-order valence-electron chi connectivity index (χ2n) is 11.1. The van der Waals surface area contributed by atoms with Crippen LogP contribution in [0.5, 0.6) is 0 Å². The van der Waals surface area contributed by atoms with E-state index in [2.05, 4.69) is 22.4 Å². The number of urea groups is 1. The number of anilines is 1. The molecule has 2 N–H and O–H groups in total. The van der Waals surface area contributed by atoms with Crippen LogP contribution in [0.4, 0.5) is 28.0 Å². The molecule has 208 valence electrons. The van der Waals surface area contributed by atoms with Gasteiger partial charge in [0.05, 0.1) is 23.3 Å². The second kappa shape index (κ2) is 10.8. The summed E-state index contributed by atoms with van der Waals surface area (Å²) in [6.07, 6.45) is -0.429. The van der Waals surface area contributed by atoms with Crippen LogP contribution in [0.2, 0.25) is 0 Å². The first-order valence-corrected chi connectivity index (χ1v) is 13.4. The zero-order valence-electron chi connectivity index (χ0n) is 21.6. The van der Waals surface area contributed by atoms with Crippen LogP contribution in [-0.2, 0) is 11.6 Å². The van der Waals surface area contributed by atoms with E-state index in [0.29, 0.717) is 50.0 Å². The summed E-state index contributed by atoms with van der Waals surface area (Å²) in [5, 5.41) is 21.6. The molecule has 3 aliphatic rings. The number of hydrogen-bond donors (Lipinski definition) is 2. The van der Waals surface area contributed by atoms with Crippen molar-refractivity contribution in [2.45, 2.75) is 62.3 Å². The monoisotopic (exact) mass is 544 g/mol. The van der Waals surface area contributed by atoms with Gasteiger partial charge in [-0.1, -0.05) is 12.1 Å². The third-order valence-electron chi connectivity index (χ3n) is 8.58. The standard InChI is InChI=1S/C29H32F4N4O2/c30-23-12-21(29(31,32)33)13-24(15-23)35-27(39)37(9-2-8-36-10-6-26(38)18-36)25-5-7-28(16-22(28)14-25)20-4-1-3-19(11-20)17-34/h1,3-4,11-13,15,22,25-26,38H,2,5-10,14,16,18H2,(H,35,39)/t22?,25-,26-,28-/m1/s1. The van der Waals surface area contributed by atoms with Gasteiger partial charge in [-0.05, 0) is 92.3 Å². The molecule has 10 heteroatoms. The lowest BCUT2D eigenvalue weighted by Crippen LogP contribution is -2.46. The molecule has 0 spiro atoms. The van der Waals surface area contributed by atoms with Gasteiger partial charge in [0, 0.05) is 31.4 Å². The summed E-state index contributed by atoms with van der Waals surface area (Å²) in [7, 11) is 0. The molecule has 1 saturated heterocycles. The van der Waals surface area contributed by atoms with Crippen molar-refractivity contribution in [3.05, 3.63) is 65.0 Å². The Hall–Kier alpha value is -3.16. The lowest BCUT2D eigenvalue weighted by molar-refractivity contribution is -0.137. The summed E-state index contributed by atoms with van der Waals surface area (Å²) >= 11 is 0. The van der Waals surface area contributed by atoms with E-state index in [4.69, 9.17) is 0 Å². The third kappa shape index (κ3) is 6.04. The Balaban J connectivity index is 1.30. The minimum atomic E-state index is -4.73. The summed E-state index contributed by atoms with van der Waals surface area (Å²) in [5.41, 5.74) is 0.382. The van der Waals surface area contributed by atoms with E-state index >= 15 is 0 Å². The molecule has 2 saturated carbocycles. The average Bonchev–Trinajstić information content (AvgIpc) is 3.50. The molecular formula is C29H32F4N4O2. The second-order valence-corrected chi connectivity index (χ2v) is 11.1. The molecule has 4 atom stereocenters. The van der Waals surface area contributed by atoms with E-state index in [1.165, 1.54) is 0 Å². The summed E-state index contributed by atoms with van der Waals surface area (Å²) in [4.78, 5) is 17.3. The largest absolute Gasteiger partial charge is 0.416 e. The van der Waals surface area contributed by atoms with Crippen molar-refractivity contribution < 1.29 is 27.5 Å². The van der Waals surface area contributed by atoms with Crippen LogP contribution in [0, 0.1) is 23.1 Å². The van der Waals surface area contributed by atoms with Crippen LogP contribution in [0.25, 0.3) is 0 Å². The van der Waals surface area contributed by atoms with E-state index < -0.39 is 23.6 Å². The van der Waals surface area contributed by atoms with Crippen LogP contribution in [0.3, 0.4) is 0 Å². The number of nitrogens with zero attached hydrogens (tertiary/aromatic N) is 3. The van der Waals surface area contributed by atoms with Crippen molar-refractivity contribution in [1.29, 1.82) is 5.26 Å². The van der Waals surface area contributed by atoms with Crippen molar-refractivity contribution >= 4 is 11.7 Å². The molecule has 1 unspecified atom stereocenters. The predicted molar refractivity (Wildman–Crippen MR) is 137 cm³/mol. The number of likely N-dealkylation sites (tertiary alicyclic amines) is 1. The SMILES string of the molecule is N#Cc1cccc([C@]23CC[C@@H](N(CCCN4CC[C@@H](O)C4)C(=O)Nc4cc(F)cc(C(F)(F)F)c4)CC2C3)c1. The number of β-amino-alcohol motifs (C(OH)–C–C–N with tert-alkyl or cyclic N) is 1. The number of alkyl halides is 3. The summed E-state index contributed by atoms with van der Waals surface area (Å²) in [5.74, 6) is -0.723. The fourth-order valence-corrected chi connectivity index (χ4v) is 6.50. The highest BCUT2D eigenvalue weighted by atomic mass is 19.4. The number of carbonyl (C=O) groups is 1. The van der Waals surface area contributed by atoms with Gasteiger partial charge >= 0.3 is 12.2 Å². The Morgan fingerprint density at radius 2 is 2.05 bits per heavy atom.